The van der Waals surface area contributed by atoms with Crippen molar-refractivity contribution in [1.29, 1.82) is 0 Å². The van der Waals surface area contributed by atoms with Crippen LogP contribution < -0.4 is 9.64 Å². The molecule has 2 N–H and O–H groups in total. The maximum atomic E-state index is 13.2. The van der Waals surface area contributed by atoms with Gasteiger partial charge in [0.1, 0.15) is 12.4 Å². The van der Waals surface area contributed by atoms with Gasteiger partial charge in [0.25, 0.3) is 0 Å². The first-order chi connectivity index (χ1) is 18.2. The first-order valence-electron chi connectivity index (χ1n) is 13.4. The molecule has 2 aliphatic rings. The lowest BCUT2D eigenvalue weighted by Crippen LogP contribution is -2.49. The van der Waals surface area contributed by atoms with Gasteiger partial charge in [0, 0.05) is 31.7 Å². The minimum atomic E-state index is -2.40. The van der Waals surface area contributed by atoms with Crippen LogP contribution in [0.2, 0.25) is 5.02 Å². The van der Waals surface area contributed by atoms with Crippen molar-refractivity contribution >= 4 is 29.2 Å². The number of nitrogens with zero attached hydrogens (tertiary/aromatic N) is 2. The van der Waals surface area contributed by atoms with E-state index in [0.717, 1.165) is 62.9 Å². The molecule has 2 atom stereocenters. The molecule has 0 aromatic heterocycles. The number of aliphatic carboxylic acids is 1. The molecule has 2 aromatic rings. The number of carboxylic acid groups (broad SMARTS) is 1. The number of allylic oxidation sites excluding steroid dienone is 1. The van der Waals surface area contributed by atoms with Gasteiger partial charge in [-0.2, -0.15) is 0 Å². The highest BCUT2D eigenvalue weighted by atomic mass is 35.5. The summed E-state index contributed by atoms with van der Waals surface area (Å²) in [6, 6.07) is 10.8. The number of halogens is 1. The largest absolute Gasteiger partial charge is 0.487 e. The molecular weight excluding hydrogens is 504 g/mol. The van der Waals surface area contributed by atoms with Crippen molar-refractivity contribution in [2.45, 2.75) is 57.7 Å². The lowest BCUT2D eigenvalue weighted by molar-refractivity contribution is -0.172. The predicted octanol–water partition coefficient (Wildman–Crippen LogP) is 5.17. The average Bonchev–Trinajstić information content (AvgIpc) is 2.93. The molecule has 7 nitrogen and oxygen atoms in total. The Morgan fingerprint density at radius 2 is 1.82 bits per heavy atom. The minimum absolute atomic E-state index is 0.166. The van der Waals surface area contributed by atoms with Gasteiger partial charge in [-0.15, -0.1) is 0 Å². The fourth-order valence-corrected chi connectivity index (χ4v) is 5.49. The van der Waals surface area contributed by atoms with E-state index in [1.54, 1.807) is 25.2 Å². The van der Waals surface area contributed by atoms with E-state index in [1.165, 1.54) is 17.4 Å². The second-order valence-electron chi connectivity index (χ2n) is 10.3. The van der Waals surface area contributed by atoms with Crippen LogP contribution in [0.3, 0.4) is 0 Å². The van der Waals surface area contributed by atoms with Crippen LogP contribution in [-0.4, -0.2) is 53.7 Å². The van der Waals surface area contributed by atoms with E-state index in [9.17, 15) is 19.8 Å². The quantitative estimate of drug-likeness (QED) is 0.485. The van der Waals surface area contributed by atoms with Crippen molar-refractivity contribution in [2.24, 2.45) is 5.92 Å². The number of hydrogen-bond donors (Lipinski definition) is 2. The molecule has 4 rings (SSSR count). The summed E-state index contributed by atoms with van der Waals surface area (Å²) < 4.78 is 6.33. The molecular formula is C30H37ClN2O5. The lowest BCUT2D eigenvalue weighted by Gasteiger charge is -2.34. The number of aryl methyl sites for hydroxylation is 1. The van der Waals surface area contributed by atoms with Crippen molar-refractivity contribution < 1.29 is 24.5 Å². The van der Waals surface area contributed by atoms with Gasteiger partial charge in [-0.3, -0.25) is 4.79 Å². The summed E-state index contributed by atoms with van der Waals surface area (Å²) in [4.78, 5) is 29.4. The molecule has 0 aliphatic carbocycles. The number of ether oxygens (including phenoxy) is 1. The normalized spacial score (nSPS) is 24.2. The number of carbonyl (C=O) groups is 2. The van der Waals surface area contributed by atoms with Gasteiger partial charge in [0.15, 0.2) is 5.60 Å². The number of anilines is 1. The third kappa shape index (κ3) is 6.00. The minimum Gasteiger partial charge on any atom is -0.487 e. The van der Waals surface area contributed by atoms with E-state index in [1.807, 2.05) is 24.3 Å². The van der Waals surface area contributed by atoms with Gasteiger partial charge in [-0.05, 0) is 86.4 Å². The molecule has 0 saturated heterocycles. The van der Waals surface area contributed by atoms with Crippen LogP contribution in [0.1, 0.15) is 55.7 Å². The number of carbonyl (C=O) groups excluding carboxylic acids is 1. The van der Waals surface area contributed by atoms with Gasteiger partial charge in [0.2, 0.25) is 5.91 Å². The third-order valence-corrected chi connectivity index (χ3v) is 7.94. The molecule has 2 aromatic carbocycles. The first kappa shape index (κ1) is 28.0. The van der Waals surface area contributed by atoms with Crippen molar-refractivity contribution in [2.75, 3.05) is 31.6 Å². The van der Waals surface area contributed by atoms with Crippen LogP contribution >= 0.6 is 11.6 Å². The van der Waals surface area contributed by atoms with Crippen LogP contribution in [0.25, 0.3) is 0 Å². The Hall–Kier alpha value is -3.03. The van der Waals surface area contributed by atoms with Crippen LogP contribution in [-0.2, 0) is 28.2 Å². The van der Waals surface area contributed by atoms with E-state index < -0.39 is 23.4 Å². The number of benzene rings is 2. The Morgan fingerprint density at radius 3 is 2.58 bits per heavy atom. The molecule has 0 unspecified atom stereocenters. The average molecular weight is 541 g/mol. The van der Waals surface area contributed by atoms with E-state index in [4.69, 9.17) is 16.3 Å². The summed E-state index contributed by atoms with van der Waals surface area (Å²) >= 11 is 6.27. The van der Waals surface area contributed by atoms with Gasteiger partial charge >= 0.3 is 5.97 Å². The van der Waals surface area contributed by atoms with Crippen molar-refractivity contribution in [1.82, 2.24) is 4.90 Å². The van der Waals surface area contributed by atoms with E-state index in [-0.39, 0.29) is 5.56 Å². The summed E-state index contributed by atoms with van der Waals surface area (Å²) in [5.41, 5.74) is 0.734. The van der Waals surface area contributed by atoms with Crippen LogP contribution in [0.15, 0.2) is 48.6 Å². The Bertz CT molecular complexity index is 1200. The summed E-state index contributed by atoms with van der Waals surface area (Å²) in [6.45, 7) is 3.71. The highest BCUT2D eigenvalue weighted by Crippen LogP contribution is 2.39. The molecule has 0 radical (unpaired) electrons. The number of likely N-dealkylation sites (N-methyl/N-ethyl adjacent to an activating group) is 1. The monoisotopic (exact) mass is 540 g/mol. The predicted molar refractivity (Wildman–Crippen MR) is 149 cm³/mol. The molecule has 0 spiro atoms. The molecule has 2 heterocycles. The SMILES string of the molecule is C[C@H]1C(=O)N(C)C/C=C/CCCCN2CCCCc3cc(Cl)ccc3COc3ccc(cc32)[C@@]1(O)C(=O)O. The molecule has 2 bridgehead atoms. The standard InChI is InChI=1S/C30H37ClN2O5/c1-21-28(34)32(2)15-7-4-3-5-8-16-33-17-9-6-10-22-18-25(31)13-11-23(22)20-38-27-14-12-24(19-26(27)33)30(21,37)29(35)36/h4,7,11-14,18-19,21,37H,3,5-6,8-10,15-17,20H2,1-2H3,(H,35,36)/b7-4+/t21-,30+/m0/s1. The molecule has 1 amide bonds. The third-order valence-electron chi connectivity index (χ3n) is 7.71. The Morgan fingerprint density at radius 1 is 1.05 bits per heavy atom. The maximum absolute atomic E-state index is 13.2. The highest BCUT2D eigenvalue weighted by molar-refractivity contribution is 6.30. The lowest BCUT2D eigenvalue weighted by atomic mass is 9.81. The van der Waals surface area contributed by atoms with Crippen LogP contribution in [0, 0.1) is 5.92 Å². The van der Waals surface area contributed by atoms with Gasteiger partial charge in [0.05, 0.1) is 11.6 Å². The summed E-state index contributed by atoms with van der Waals surface area (Å²) in [7, 11) is 1.63. The number of amides is 1. The summed E-state index contributed by atoms with van der Waals surface area (Å²) in [5.74, 6) is -2.48. The summed E-state index contributed by atoms with van der Waals surface area (Å²) in [5, 5.41) is 22.5. The Kier molecular flexibility index (Phi) is 9.00. The molecule has 0 fully saturated rings. The zero-order valence-corrected chi connectivity index (χ0v) is 22.9. The van der Waals surface area contributed by atoms with Crippen molar-refractivity contribution in [3.63, 3.8) is 0 Å². The number of fused-ring (bicyclic) bond motifs is 2. The molecule has 0 saturated carbocycles. The molecule has 38 heavy (non-hydrogen) atoms. The topological polar surface area (TPSA) is 90.3 Å². The van der Waals surface area contributed by atoms with Crippen LogP contribution in [0.5, 0.6) is 5.75 Å². The smallest absolute Gasteiger partial charge is 0.341 e. The molecule has 8 heteroatoms. The second-order valence-corrected chi connectivity index (χ2v) is 10.7. The zero-order chi connectivity index (χ0) is 27.3. The van der Waals surface area contributed by atoms with E-state index in [2.05, 4.69) is 11.0 Å². The number of aliphatic hydroxyl groups is 1. The Labute approximate surface area is 229 Å². The first-order valence-corrected chi connectivity index (χ1v) is 13.7. The van der Waals surface area contributed by atoms with Crippen molar-refractivity contribution in [3.8, 4) is 5.75 Å². The maximum Gasteiger partial charge on any atom is 0.341 e. The fourth-order valence-electron chi connectivity index (χ4n) is 5.29. The van der Waals surface area contributed by atoms with E-state index >= 15 is 0 Å². The molecule has 2 aliphatic heterocycles. The van der Waals surface area contributed by atoms with Crippen molar-refractivity contribution in [3.05, 3.63) is 70.3 Å². The fraction of sp³-hybridized carbons (Fsp3) is 0.467. The number of carboxylic acids is 1. The zero-order valence-electron chi connectivity index (χ0n) is 22.2. The summed E-state index contributed by atoms with van der Waals surface area (Å²) in [6.07, 6.45) is 9.60. The molecule has 204 valence electrons. The second kappa shape index (κ2) is 12.2. The number of hydrogen-bond acceptors (Lipinski definition) is 5. The van der Waals surface area contributed by atoms with E-state index in [0.29, 0.717) is 23.9 Å². The number of rotatable bonds is 1. The van der Waals surface area contributed by atoms with Gasteiger partial charge in [-0.1, -0.05) is 35.9 Å². The van der Waals surface area contributed by atoms with Gasteiger partial charge in [-0.25, -0.2) is 4.79 Å². The van der Waals surface area contributed by atoms with Crippen LogP contribution in [0.4, 0.5) is 5.69 Å². The van der Waals surface area contributed by atoms with Gasteiger partial charge < -0.3 is 24.7 Å². The highest BCUT2D eigenvalue weighted by Gasteiger charge is 2.48. The Balaban J connectivity index is 1.80.